The molecule has 0 saturated carbocycles. The normalized spacial score (nSPS) is 12.7. The maximum Gasteiger partial charge on any atom is 0.449 e. The van der Waals surface area contributed by atoms with Crippen LogP contribution in [0, 0.1) is 17.2 Å². The van der Waals surface area contributed by atoms with E-state index in [4.69, 9.17) is 5.26 Å². The van der Waals surface area contributed by atoms with E-state index >= 15 is 0 Å². The Hall–Kier alpha value is -2.89. The SMILES string of the molecule is CNC(=O)C(C#N)C(=O)c1ccc2c(c1)nc(C(F)(F)F)n2C. The quantitative estimate of drug-likeness (QED) is 0.687. The molecular formula is C14H11F3N4O2. The lowest BCUT2D eigenvalue weighted by atomic mass is 9.98. The average Bonchev–Trinajstić information content (AvgIpc) is 2.84. The minimum Gasteiger partial charge on any atom is -0.358 e. The van der Waals surface area contributed by atoms with Crippen molar-refractivity contribution in [1.29, 1.82) is 5.26 Å². The van der Waals surface area contributed by atoms with Crippen LogP contribution in [0.5, 0.6) is 0 Å². The highest BCUT2D eigenvalue weighted by Crippen LogP contribution is 2.31. The number of carbonyl (C=O) groups is 2. The molecule has 9 heteroatoms. The molecule has 0 bridgehead atoms. The molecule has 1 unspecified atom stereocenters. The molecule has 0 aliphatic heterocycles. The van der Waals surface area contributed by atoms with Gasteiger partial charge in [0, 0.05) is 19.7 Å². The number of carbonyl (C=O) groups excluding carboxylic acids is 2. The molecule has 0 radical (unpaired) electrons. The van der Waals surface area contributed by atoms with E-state index in [9.17, 15) is 22.8 Å². The largest absolute Gasteiger partial charge is 0.449 e. The lowest BCUT2D eigenvalue weighted by molar-refractivity contribution is -0.146. The summed E-state index contributed by atoms with van der Waals surface area (Å²) in [5.41, 5.74) is 0.0843. The molecule has 120 valence electrons. The Kier molecular flexibility index (Phi) is 4.10. The summed E-state index contributed by atoms with van der Waals surface area (Å²) >= 11 is 0. The summed E-state index contributed by atoms with van der Waals surface area (Å²) in [6, 6.07) is 5.27. The second kappa shape index (κ2) is 5.72. The topological polar surface area (TPSA) is 87.8 Å². The van der Waals surface area contributed by atoms with Crippen LogP contribution in [0.25, 0.3) is 11.0 Å². The second-order valence-corrected chi connectivity index (χ2v) is 4.74. The number of hydrogen-bond acceptors (Lipinski definition) is 4. The van der Waals surface area contributed by atoms with Crippen molar-refractivity contribution in [2.45, 2.75) is 6.18 Å². The Bertz CT molecular complexity index is 833. The number of imidazole rings is 1. The van der Waals surface area contributed by atoms with Crippen molar-refractivity contribution in [1.82, 2.24) is 14.9 Å². The zero-order valence-electron chi connectivity index (χ0n) is 12.1. The fourth-order valence-corrected chi connectivity index (χ4v) is 2.15. The first-order chi connectivity index (χ1) is 10.7. The lowest BCUT2D eigenvalue weighted by Crippen LogP contribution is -2.32. The number of hydrogen-bond donors (Lipinski definition) is 1. The molecular weight excluding hydrogens is 313 g/mol. The van der Waals surface area contributed by atoms with Gasteiger partial charge in [0.2, 0.25) is 11.7 Å². The van der Waals surface area contributed by atoms with Gasteiger partial charge in [-0.2, -0.15) is 18.4 Å². The lowest BCUT2D eigenvalue weighted by Gasteiger charge is -2.07. The van der Waals surface area contributed by atoms with Gasteiger partial charge in [-0.05, 0) is 18.2 Å². The fourth-order valence-electron chi connectivity index (χ4n) is 2.15. The van der Waals surface area contributed by atoms with Crippen LogP contribution in [0.3, 0.4) is 0 Å². The van der Waals surface area contributed by atoms with Crippen LogP contribution in [0.15, 0.2) is 18.2 Å². The van der Waals surface area contributed by atoms with Crippen LogP contribution in [-0.2, 0) is 18.0 Å². The number of benzene rings is 1. The van der Waals surface area contributed by atoms with E-state index in [1.807, 2.05) is 0 Å². The molecule has 6 nitrogen and oxygen atoms in total. The predicted octanol–water partition coefficient (Wildman–Crippen LogP) is 1.66. The van der Waals surface area contributed by atoms with Crippen LogP contribution >= 0.6 is 0 Å². The number of aryl methyl sites for hydroxylation is 1. The molecule has 2 aromatic rings. The standard InChI is InChI=1S/C14H11F3N4O2/c1-19-12(23)8(6-18)11(22)7-3-4-10-9(5-7)20-13(21(10)2)14(15,16)17/h3-5,8H,1-2H3,(H,19,23). The van der Waals surface area contributed by atoms with Crippen molar-refractivity contribution < 1.29 is 22.8 Å². The van der Waals surface area contributed by atoms with Gasteiger partial charge in [-0.25, -0.2) is 4.98 Å². The van der Waals surface area contributed by atoms with E-state index in [-0.39, 0.29) is 16.6 Å². The molecule has 0 spiro atoms. The van der Waals surface area contributed by atoms with Crippen molar-refractivity contribution in [3.63, 3.8) is 0 Å². The number of halogens is 3. The zero-order chi connectivity index (χ0) is 17.4. The van der Waals surface area contributed by atoms with Gasteiger partial charge in [0.1, 0.15) is 0 Å². The number of nitriles is 1. The summed E-state index contributed by atoms with van der Waals surface area (Å²) in [6.07, 6.45) is -4.63. The number of aromatic nitrogens is 2. The molecule has 0 saturated heterocycles. The second-order valence-electron chi connectivity index (χ2n) is 4.74. The van der Waals surface area contributed by atoms with Crippen molar-refractivity contribution in [3.8, 4) is 6.07 Å². The van der Waals surface area contributed by atoms with Gasteiger partial charge in [-0.3, -0.25) is 9.59 Å². The van der Waals surface area contributed by atoms with E-state index in [2.05, 4.69) is 10.3 Å². The Morgan fingerprint density at radius 3 is 2.57 bits per heavy atom. The van der Waals surface area contributed by atoms with Gasteiger partial charge in [0.15, 0.2) is 11.7 Å². The number of alkyl halides is 3. The highest BCUT2D eigenvalue weighted by molar-refractivity contribution is 6.12. The molecule has 1 heterocycles. The van der Waals surface area contributed by atoms with E-state index < -0.39 is 29.6 Å². The average molecular weight is 324 g/mol. The third-order valence-electron chi connectivity index (χ3n) is 3.32. The van der Waals surface area contributed by atoms with Gasteiger partial charge in [-0.15, -0.1) is 0 Å². The number of nitrogens with one attached hydrogen (secondary N) is 1. The highest BCUT2D eigenvalue weighted by atomic mass is 19.4. The number of nitrogens with zero attached hydrogens (tertiary/aromatic N) is 3. The van der Waals surface area contributed by atoms with Crippen LogP contribution in [-0.4, -0.2) is 28.3 Å². The fraction of sp³-hybridized carbons (Fsp3) is 0.286. The minimum absolute atomic E-state index is 0.0423. The molecule has 1 N–H and O–H groups in total. The first-order valence-corrected chi connectivity index (χ1v) is 6.39. The monoisotopic (exact) mass is 324 g/mol. The first-order valence-electron chi connectivity index (χ1n) is 6.39. The molecule has 1 aromatic carbocycles. The first kappa shape index (κ1) is 16.5. The molecule has 1 amide bonds. The Morgan fingerprint density at radius 2 is 2.04 bits per heavy atom. The third kappa shape index (κ3) is 2.88. The van der Waals surface area contributed by atoms with Crippen molar-refractivity contribution in [2.75, 3.05) is 7.05 Å². The van der Waals surface area contributed by atoms with Crippen LogP contribution in [0.4, 0.5) is 13.2 Å². The Labute approximate surface area is 128 Å². The number of amides is 1. The van der Waals surface area contributed by atoms with Gasteiger partial charge in [0.05, 0.1) is 17.1 Å². The summed E-state index contributed by atoms with van der Waals surface area (Å²) in [4.78, 5) is 27.1. The smallest absolute Gasteiger partial charge is 0.358 e. The van der Waals surface area contributed by atoms with Gasteiger partial charge in [-0.1, -0.05) is 0 Å². The molecule has 0 aliphatic rings. The summed E-state index contributed by atoms with van der Waals surface area (Å²) in [6.45, 7) is 0. The van der Waals surface area contributed by atoms with Gasteiger partial charge in [0.25, 0.3) is 0 Å². The zero-order valence-corrected chi connectivity index (χ0v) is 12.1. The maximum absolute atomic E-state index is 12.8. The molecule has 0 aliphatic carbocycles. The molecule has 0 fully saturated rings. The van der Waals surface area contributed by atoms with Crippen molar-refractivity contribution in [3.05, 3.63) is 29.6 Å². The van der Waals surface area contributed by atoms with Gasteiger partial charge >= 0.3 is 6.18 Å². The summed E-state index contributed by atoms with van der Waals surface area (Å²) in [5, 5.41) is 11.1. The number of Topliss-reactive ketones (excluding diaryl/α,β-unsaturated/α-hetero) is 1. The molecule has 1 aromatic heterocycles. The van der Waals surface area contributed by atoms with Crippen molar-refractivity contribution in [2.24, 2.45) is 13.0 Å². The van der Waals surface area contributed by atoms with E-state index in [0.717, 1.165) is 10.6 Å². The number of ketones is 1. The van der Waals surface area contributed by atoms with Crippen LogP contribution in [0.1, 0.15) is 16.2 Å². The minimum atomic E-state index is -4.63. The molecule has 23 heavy (non-hydrogen) atoms. The van der Waals surface area contributed by atoms with Crippen LogP contribution in [0.2, 0.25) is 0 Å². The van der Waals surface area contributed by atoms with E-state index in [1.165, 1.54) is 26.2 Å². The summed E-state index contributed by atoms with van der Waals surface area (Å²) in [5.74, 6) is -4.24. The molecule has 1 atom stereocenters. The summed E-state index contributed by atoms with van der Waals surface area (Å²) in [7, 11) is 2.49. The predicted molar refractivity (Wildman–Crippen MR) is 73.2 cm³/mol. The maximum atomic E-state index is 12.8. The summed E-state index contributed by atoms with van der Waals surface area (Å²) < 4.78 is 39.4. The van der Waals surface area contributed by atoms with E-state index in [1.54, 1.807) is 6.07 Å². The van der Waals surface area contributed by atoms with Crippen molar-refractivity contribution >= 4 is 22.7 Å². The molecule has 2 rings (SSSR count). The Morgan fingerprint density at radius 1 is 1.39 bits per heavy atom. The van der Waals surface area contributed by atoms with E-state index in [0.29, 0.717) is 0 Å². The number of rotatable bonds is 3. The Balaban J connectivity index is 2.51. The number of fused-ring (bicyclic) bond motifs is 1. The third-order valence-corrected chi connectivity index (χ3v) is 3.32. The van der Waals surface area contributed by atoms with Crippen LogP contribution < -0.4 is 5.32 Å². The van der Waals surface area contributed by atoms with Gasteiger partial charge < -0.3 is 9.88 Å². The highest BCUT2D eigenvalue weighted by Gasteiger charge is 2.37.